The van der Waals surface area contributed by atoms with Gasteiger partial charge in [-0.3, -0.25) is 33.6 Å². The SMILES string of the molecule is CC(=O)N[C@@H]1[C@@H](OC(C)=O)[C@H](OC(C)=O)[C@@H](COC(C)=O)O[C@H]1NC(=O)CC(=O)N(CCNC(=O)OCC1c2ccccc2-c2ccccc21)CC(=O)O. The second kappa shape index (κ2) is 18.6. The van der Waals surface area contributed by atoms with Crippen molar-refractivity contribution in [2.24, 2.45) is 0 Å². The van der Waals surface area contributed by atoms with Gasteiger partial charge in [-0.15, -0.1) is 0 Å². The Bertz CT molecular complexity index is 1720. The van der Waals surface area contributed by atoms with E-state index in [-0.39, 0.29) is 25.6 Å². The molecular formula is C36H42N4O14. The first-order valence-corrected chi connectivity index (χ1v) is 16.9. The quantitative estimate of drug-likeness (QED) is 0.111. The molecule has 0 radical (unpaired) electrons. The van der Waals surface area contributed by atoms with Gasteiger partial charge in [0.1, 0.15) is 38.3 Å². The summed E-state index contributed by atoms with van der Waals surface area (Å²) in [6.45, 7) is 2.53. The van der Waals surface area contributed by atoms with Crippen LogP contribution >= 0.6 is 0 Å². The number of hydrogen-bond donors (Lipinski definition) is 4. The van der Waals surface area contributed by atoms with Crippen molar-refractivity contribution in [2.75, 3.05) is 32.8 Å². The van der Waals surface area contributed by atoms with Crippen LogP contribution < -0.4 is 16.0 Å². The second-order valence-electron chi connectivity index (χ2n) is 12.5. The number of hydrogen-bond acceptors (Lipinski definition) is 13. The number of ether oxygens (including phenoxy) is 5. The number of esters is 3. The molecule has 4 rings (SSSR count). The molecule has 0 bridgehead atoms. The molecular weight excluding hydrogens is 712 g/mol. The Balaban J connectivity index is 1.39. The zero-order valence-electron chi connectivity index (χ0n) is 30.0. The van der Waals surface area contributed by atoms with E-state index in [4.69, 9.17) is 23.7 Å². The zero-order chi connectivity index (χ0) is 39.5. The smallest absolute Gasteiger partial charge is 0.407 e. The molecule has 18 nitrogen and oxygen atoms in total. The fraction of sp³-hybridized carbons (Fsp3) is 0.444. The molecule has 4 N–H and O–H groups in total. The standard InChI is InChI=1S/C36H42N4O14/c1-19(41)38-32-34(53-22(4)44)33(52-21(3)43)28(18-50-20(2)42)54-35(32)39-29(45)15-30(46)40(16-31(47)48)14-13-37-36(49)51-17-27-25-11-7-5-9-23(25)24-10-6-8-12-26(24)27/h5-12,27-28,32-35H,13-18H2,1-4H3,(H,37,49)(H,38,41)(H,39,45)(H,47,48)/t28-,32-,33-,34-,35-/m1/s1. The number of nitrogens with zero attached hydrogens (tertiary/aromatic N) is 1. The van der Waals surface area contributed by atoms with Crippen molar-refractivity contribution < 1.29 is 67.1 Å². The van der Waals surface area contributed by atoms with Gasteiger partial charge in [0.2, 0.25) is 17.7 Å². The first-order valence-electron chi connectivity index (χ1n) is 16.9. The van der Waals surface area contributed by atoms with Crippen LogP contribution in [0.25, 0.3) is 11.1 Å². The number of fused-ring (bicyclic) bond motifs is 3. The van der Waals surface area contributed by atoms with E-state index < -0.39 is 97.8 Å². The van der Waals surface area contributed by atoms with Gasteiger partial charge in [-0.1, -0.05) is 48.5 Å². The minimum absolute atomic E-state index is 0.0300. The summed E-state index contributed by atoms with van der Waals surface area (Å²) in [5.41, 5.74) is 4.12. The van der Waals surface area contributed by atoms with Crippen molar-refractivity contribution in [3.05, 3.63) is 59.7 Å². The number of nitrogens with one attached hydrogen (secondary N) is 3. The van der Waals surface area contributed by atoms with E-state index in [1.807, 2.05) is 48.5 Å². The van der Waals surface area contributed by atoms with E-state index in [0.717, 1.165) is 54.8 Å². The fourth-order valence-electron chi connectivity index (χ4n) is 6.31. The van der Waals surface area contributed by atoms with E-state index in [0.29, 0.717) is 0 Å². The largest absolute Gasteiger partial charge is 0.480 e. The highest BCUT2D eigenvalue weighted by Crippen LogP contribution is 2.44. The first kappa shape index (κ1) is 40.7. The van der Waals surface area contributed by atoms with Gasteiger partial charge >= 0.3 is 30.0 Å². The Kier molecular flexibility index (Phi) is 14.1. The number of carbonyl (C=O) groups excluding carboxylic acids is 7. The molecule has 1 saturated heterocycles. The second-order valence-corrected chi connectivity index (χ2v) is 12.5. The van der Waals surface area contributed by atoms with Gasteiger partial charge in [0, 0.05) is 46.7 Å². The van der Waals surface area contributed by atoms with Gasteiger partial charge < -0.3 is 49.6 Å². The van der Waals surface area contributed by atoms with Crippen LogP contribution in [0.5, 0.6) is 0 Å². The Morgan fingerprint density at radius 3 is 1.91 bits per heavy atom. The van der Waals surface area contributed by atoms with Crippen molar-refractivity contribution >= 4 is 47.7 Å². The third-order valence-electron chi connectivity index (χ3n) is 8.41. The van der Waals surface area contributed by atoms with Crippen LogP contribution in [0.2, 0.25) is 0 Å². The highest BCUT2D eigenvalue weighted by molar-refractivity contribution is 5.98. The molecule has 1 heterocycles. The van der Waals surface area contributed by atoms with Gasteiger partial charge in [-0.25, -0.2) is 4.79 Å². The average Bonchev–Trinajstić information content (AvgIpc) is 3.41. The van der Waals surface area contributed by atoms with Crippen LogP contribution in [0.4, 0.5) is 4.79 Å². The number of benzene rings is 2. The molecule has 0 unspecified atom stereocenters. The molecule has 1 aliphatic carbocycles. The molecule has 0 spiro atoms. The molecule has 2 aromatic carbocycles. The van der Waals surface area contributed by atoms with Crippen LogP contribution in [0.3, 0.4) is 0 Å². The summed E-state index contributed by atoms with van der Waals surface area (Å²) < 4.78 is 27.1. The summed E-state index contributed by atoms with van der Waals surface area (Å²) in [5.74, 6) is -6.59. The first-order chi connectivity index (χ1) is 25.6. The van der Waals surface area contributed by atoms with E-state index in [1.54, 1.807) is 0 Å². The lowest BCUT2D eigenvalue weighted by atomic mass is 9.95. The molecule has 2 aromatic rings. The molecule has 290 valence electrons. The highest BCUT2D eigenvalue weighted by Gasteiger charge is 2.51. The number of carboxylic acids is 1. The molecule has 2 aliphatic rings. The Morgan fingerprint density at radius 2 is 1.35 bits per heavy atom. The van der Waals surface area contributed by atoms with Crippen molar-refractivity contribution in [3.8, 4) is 11.1 Å². The van der Waals surface area contributed by atoms with Crippen molar-refractivity contribution in [3.63, 3.8) is 0 Å². The molecule has 5 atom stereocenters. The lowest BCUT2D eigenvalue weighted by molar-refractivity contribution is -0.228. The molecule has 0 aromatic heterocycles. The maximum atomic E-state index is 13.2. The van der Waals surface area contributed by atoms with Crippen LogP contribution in [-0.4, -0.2) is 121 Å². The lowest BCUT2D eigenvalue weighted by Gasteiger charge is -2.45. The normalized spacial score (nSPS) is 19.9. The third kappa shape index (κ3) is 11.0. The predicted octanol–water partition coefficient (Wildman–Crippen LogP) is 0.601. The van der Waals surface area contributed by atoms with Gasteiger partial charge in [0.05, 0.1) is 0 Å². The van der Waals surface area contributed by atoms with Gasteiger partial charge in [-0.05, 0) is 22.3 Å². The van der Waals surface area contributed by atoms with Gasteiger partial charge in [0.25, 0.3) is 0 Å². The van der Waals surface area contributed by atoms with Crippen molar-refractivity contribution in [1.82, 2.24) is 20.9 Å². The number of carboxylic acid groups (broad SMARTS) is 1. The molecule has 0 saturated carbocycles. The fourth-order valence-corrected chi connectivity index (χ4v) is 6.31. The summed E-state index contributed by atoms with van der Waals surface area (Å²) in [5, 5.41) is 16.8. The number of aliphatic carboxylic acids is 1. The number of carbonyl (C=O) groups is 8. The molecule has 54 heavy (non-hydrogen) atoms. The van der Waals surface area contributed by atoms with Crippen LogP contribution in [0.15, 0.2) is 48.5 Å². The molecule has 18 heteroatoms. The monoisotopic (exact) mass is 754 g/mol. The minimum Gasteiger partial charge on any atom is -0.480 e. The lowest BCUT2D eigenvalue weighted by Crippen LogP contribution is -2.69. The van der Waals surface area contributed by atoms with E-state index in [2.05, 4.69) is 16.0 Å². The van der Waals surface area contributed by atoms with Crippen molar-refractivity contribution in [2.45, 2.75) is 70.6 Å². The van der Waals surface area contributed by atoms with Crippen molar-refractivity contribution in [1.29, 1.82) is 0 Å². The number of rotatable bonds is 15. The zero-order valence-corrected chi connectivity index (χ0v) is 30.0. The summed E-state index contributed by atoms with van der Waals surface area (Å²) in [6, 6.07) is 14.2. The minimum atomic E-state index is -1.53. The number of alkyl carbamates (subject to hydrolysis) is 1. The summed E-state index contributed by atoms with van der Waals surface area (Å²) in [6.07, 6.45) is -7.43. The Labute approximate surface area is 309 Å². The summed E-state index contributed by atoms with van der Waals surface area (Å²) >= 11 is 0. The average molecular weight is 755 g/mol. The van der Waals surface area contributed by atoms with E-state index >= 15 is 0 Å². The third-order valence-corrected chi connectivity index (χ3v) is 8.41. The number of amides is 4. The van der Waals surface area contributed by atoms with Gasteiger partial charge in [0.15, 0.2) is 18.4 Å². The molecule has 1 aliphatic heterocycles. The van der Waals surface area contributed by atoms with E-state index in [9.17, 15) is 43.5 Å². The predicted molar refractivity (Wildman–Crippen MR) is 184 cm³/mol. The maximum Gasteiger partial charge on any atom is 0.407 e. The Hall–Kier alpha value is -6.04. The highest BCUT2D eigenvalue weighted by atomic mass is 16.6. The maximum absolute atomic E-state index is 13.2. The topological polar surface area (TPSA) is 242 Å². The van der Waals surface area contributed by atoms with Gasteiger partial charge in [-0.2, -0.15) is 0 Å². The van der Waals surface area contributed by atoms with Crippen LogP contribution in [0.1, 0.15) is 51.2 Å². The van der Waals surface area contributed by atoms with E-state index in [1.165, 1.54) is 0 Å². The summed E-state index contributed by atoms with van der Waals surface area (Å²) in [7, 11) is 0. The molecule has 4 amide bonds. The Morgan fingerprint density at radius 1 is 0.759 bits per heavy atom. The molecule has 1 fully saturated rings. The van der Waals surface area contributed by atoms with Crippen LogP contribution in [-0.2, 0) is 57.2 Å². The van der Waals surface area contributed by atoms with Crippen LogP contribution in [0, 0.1) is 0 Å². The summed E-state index contributed by atoms with van der Waals surface area (Å²) in [4.78, 5) is 99.3.